The topological polar surface area (TPSA) is 82.2 Å². The van der Waals surface area contributed by atoms with Gasteiger partial charge in [0, 0.05) is 39.0 Å². The summed E-state index contributed by atoms with van der Waals surface area (Å²) in [5.74, 6) is 2.47. The summed E-state index contributed by atoms with van der Waals surface area (Å²) in [6, 6.07) is 0. The lowest BCUT2D eigenvalue weighted by molar-refractivity contribution is 0.275. The van der Waals surface area contributed by atoms with Crippen LogP contribution in [0.25, 0.3) is 0 Å². The van der Waals surface area contributed by atoms with Crippen LogP contribution in [-0.2, 0) is 10.2 Å². The zero-order valence-corrected chi connectivity index (χ0v) is 14.6. The molecule has 1 unspecified atom stereocenters. The first-order valence-corrected chi connectivity index (χ1v) is 9.92. The van der Waals surface area contributed by atoms with Crippen LogP contribution < -0.4 is 0 Å². The SMILES string of the molecule is CN(C)S(=O)(=O)N1CC(c2nc(C3CC3)n[nH]2)C2(CCCC2)C1. The third-order valence-electron chi connectivity index (χ3n) is 5.80. The maximum atomic E-state index is 12.6. The Hall–Kier alpha value is -0.990. The van der Waals surface area contributed by atoms with Crippen LogP contribution in [0.15, 0.2) is 0 Å². The summed E-state index contributed by atoms with van der Waals surface area (Å²) in [7, 11) is -0.172. The fourth-order valence-electron chi connectivity index (χ4n) is 4.26. The van der Waals surface area contributed by atoms with Crippen molar-refractivity contribution < 1.29 is 8.42 Å². The average molecular weight is 339 g/mol. The molecule has 1 N–H and O–H groups in total. The van der Waals surface area contributed by atoms with Crippen LogP contribution in [0.5, 0.6) is 0 Å². The predicted molar refractivity (Wildman–Crippen MR) is 86.2 cm³/mol. The Morgan fingerprint density at radius 3 is 2.57 bits per heavy atom. The van der Waals surface area contributed by atoms with Gasteiger partial charge in [-0.3, -0.25) is 5.10 Å². The Morgan fingerprint density at radius 1 is 1.26 bits per heavy atom. The van der Waals surface area contributed by atoms with Crippen LogP contribution in [0.3, 0.4) is 0 Å². The Labute approximate surface area is 137 Å². The summed E-state index contributed by atoms with van der Waals surface area (Å²) in [5, 5.41) is 7.51. The molecule has 0 aromatic carbocycles. The number of rotatable bonds is 4. The fourth-order valence-corrected chi connectivity index (χ4v) is 5.48. The van der Waals surface area contributed by atoms with Gasteiger partial charge in [0.25, 0.3) is 10.2 Å². The molecule has 1 aromatic rings. The number of aromatic amines is 1. The van der Waals surface area contributed by atoms with E-state index in [0.717, 1.165) is 24.5 Å². The van der Waals surface area contributed by atoms with Crippen LogP contribution in [-0.4, -0.2) is 59.4 Å². The molecule has 2 aliphatic carbocycles. The van der Waals surface area contributed by atoms with Gasteiger partial charge in [-0.1, -0.05) is 12.8 Å². The van der Waals surface area contributed by atoms with E-state index in [9.17, 15) is 8.42 Å². The van der Waals surface area contributed by atoms with E-state index in [1.165, 1.54) is 30.0 Å². The van der Waals surface area contributed by atoms with Gasteiger partial charge >= 0.3 is 0 Å². The van der Waals surface area contributed by atoms with Crippen molar-refractivity contribution in [3.05, 3.63) is 11.6 Å². The molecule has 1 atom stereocenters. The second-order valence-electron chi connectivity index (χ2n) is 7.56. The van der Waals surface area contributed by atoms with Gasteiger partial charge in [0.2, 0.25) is 0 Å². The van der Waals surface area contributed by atoms with Crippen molar-refractivity contribution in [3.63, 3.8) is 0 Å². The standard InChI is InChI=1S/C15H25N5O2S/c1-19(2)23(21,22)20-9-12(15(10-20)7-3-4-8-15)14-16-13(17-18-14)11-5-6-11/h11-12H,3-10H2,1-2H3,(H,16,17,18). The van der Waals surface area contributed by atoms with Gasteiger partial charge in [0.05, 0.1) is 0 Å². The lowest BCUT2D eigenvalue weighted by Crippen LogP contribution is -2.39. The van der Waals surface area contributed by atoms with Crippen LogP contribution in [0.4, 0.5) is 0 Å². The van der Waals surface area contributed by atoms with Gasteiger partial charge in [-0.25, -0.2) is 4.98 Å². The van der Waals surface area contributed by atoms with Gasteiger partial charge in [-0.15, -0.1) is 0 Å². The first-order valence-electron chi connectivity index (χ1n) is 8.52. The van der Waals surface area contributed by atoms with E-state index in [2.05, 4.69) is 10.2 Å². The molecular weight excluding hydrogens is 314 g/mol. The molecule has 7 nitrogen and oxygen atoms in total. The van der Waals surface area contributed by atoms with Gasteiger partial charge in [-0.2, -0.15) is 22.1 Å². The number of nitrogens with zero attached hydrogens (tertiary/aromatic N) is 4. The minimum atomic E-state index is -3.37. The van der Waals surface area contributed by atoms with Crippen molar-refractivity contribution in [2.75, 3.05) is 27.2 Å². The number of aromatic nitrogens is 3. The second-order valence-corrected chi connectivity index (χ2v) is 9.70. The monoisotopic (exact) mass is 339 g/mol. The highest BCUT2D eigenvalue weighted by Gasteiger charge is 2.53. The summed E-state index contributed by atoms with van der Waals surface area (Å²) in [5.41, 5.74) is 0.0312. The summed E-state index contributed by atoms with van der Waals surface area (Å²) < 4.78 is 28.1. The van der Waals surface area contributed by atoms with Crippen LogP contribution in [0.2, 0.25) is 0 Å². The van der Waals surface area contributed by atoms with E-state index in [0.29, 0.717) is 19.0 Å². The molecule has 4 rings (SSSR count). The van der Waals surface area contributed by atoms with Crippen molar-refractivity contribution in [2.24, 2.45) is 5.41 Å². The van der Waals surface area contributed by atoms with Crippen LogP contribution >= 0.6 is 0 Å². The molecule has 8 heteroatoms. The minimum Gasteiger partial charge on any atom is -0.263 e. The second kappa shape index (κ2) is 5.26. The average Bonchev–Trinajstić information content (AvgIpc) is 2.96. The molecule has 1 saturated heterocycles. The molecule has 2 heterocycles. The molecule has 0 amide bonds. The first kappa shape index (κ1) is 15.5. The fraction of sp³-hybridized carbons (Fsp3) is 0.867. The molecule has 1 aromatic heterocycles. The quantitative estimate of drug-likeness (QED) is 0.900. The Balaban J connectivity index is 1.65. The molecule has 0 radical (unpaired) electrons. The zero-order valence-electron chi connectivity index (χ0n) is 13.8. The maximum absolute atomic E-state index is 12.6. The number of hydrogen-bond donors (Lipinski definition) is 1. The minimum absolute atomic E-state index is 0.0312. The van der Waals surface area contributed by atoms with Crippen molar-refractivity contribution in [1.82, 2.24) is 23.8 Å². The Kier molecular flexibility index (Phi) is 3.55. The molecule has 0 bridgehead atoms. The Morgan fingerprint density at radius 2 is 1.96 bits per heavy atom. The van der Waals surface area contributed by atoms with Gasteiger partial charge in [0.1, 0.15) is 5.82 Å². The summed E-state index contributed by atoms with van der Waals surface area (Å²) in [6.45, 7) is 1.12. The van der Waals surface area contributed by atoms with E-state index in [1.807, 2.05) is 0 Å². The number of nitrogens with one attached hydrogen (secondary N) is 1. The number of H-pyrrole nitrogens is 1. The predicted octanol–water partition coefficient (Wildman–Crippen LogP) is 1.45. The zero-order chi connectivity index (χ0) is 16.2. The maximum Gasteiger partial charge on any atom is 0.281 e. The highest BCUT2D eigenvalue weighted by atomic mass is 32.2. The number of hydrogen-bond acceptors (Lipinski definition) is 4. The molecule has 3 aliphatic rings. The van der Waals surface area contributed by atoms with E-state index in [1.54, 1.807) is 18.4 Å². The summed E-state index contributed by atoms with van der Waals surface area (Å²) >= 11 is 0. The van der Waals surface area contributed by atoms with Crippen molar-refractivity contribution in [3.8, 4) is 0 Å². The van der Waals surface area contributed by atoms with E-state index < -0.39 is 10.2 Å². The molecule has 128 valence electrons. The molecule has 1 aliphatic heterocycles. The van der Waals surface area contributed by atoms with Crippen molar-refractivity contribution in [2.45, 2.75) is 50.4 Å². The van der Waals surface area contributed by atoms with E-state index in [4.69, 9.17) is 4.98 Å². The summed E-state index contributed by atoms with van der Waals surface area (Å²) in [4.78, 5) is 4.73. The third kappa shape index (κ3) is 2.51. The molecule has 3 fully saturated rings. The lowest BCUT2D eigenvalue weighted by atomic mass is 9.76. The smallest absolute Gasteiger partial charge is 0.263 e. The highest BCUT2D eigenvalue weighted by molar-refractivity contribution is 7.86. The van der Waals surface area contributed by atoms with Gasteiger partial charge in [-0.05, 0) is 31.1 Å². The lowest BCUT2D eigenvalue weighted by Gasteiger charge is -2.28. The van der Waals surface area contributed by atoms with Crippen LogP contribution in [0.1, 0.15) is 62.0 Å². The molecule has 1 spiro atoms. The van der Waals surface area contributed by atoms with Crippen molar-refractivity contribution in [1.29, 1.82) is 0 Å². The molecule has 2 saturated carbocycles. The van der Waals surface area contributed by atoms with Gasteiger partial charge in [0.15, 0.2) is 5.82 Å². The van der Waals surface area contributed by atoms with E-state index in [-0.39, 0.29) is 11.3 Å². The normalized spacial score (nSPS) is 28.2. The van der Waals surface area contributed by atoms with Crippen molar-refractivity contribution >= 4 is 10.2 Å². The van der Waals surface area contributed by atoms with E-state index >= 15 is 0 Å². The largest absolute Gasteiger partial charge is 0.281 e. The molecule has 23 heavy (non-hydrogen) atoms. The summed E-state index contributed by atoms with van der Waals surface area (Å²) in [6.07, 6.45) is 6.86. The third-order valence-corrected chi connectivity index (χ3v) is 7.65. The Bertz CT molecular complexity index is 688. The van der Waals surface area contributed by atoms with Gasteiger partial charge < -0.3 is 0 Å². The highest BCUT2D eigenvalue weighted by Crippen LogP contribution is 2.53. The molecular formula is C15H25N5O2S. The first-order chi connectivity index (χ1) is 10.9. The van der Waals surface area contributed by atoms with Crippen LogP contribution in [0, 0.1) is 5.41 Å².